The molecule has 7 nitrogen and oxygen atoms in total. The number of benzene rings is 2. The molecule has 0 saturated carbocycles. The van der Waals surface area contributed by atoms with Crippen molar-refractivity contribution in [3.63, 3.8) is 0 Å². The second-order valence-corrected chi connectivity index (χ2v) is 7.57. The minimum atomic E-state index is -2.60. The van der Waals surface area contributed by atoms with Crippen molar-refractivity contribution in [2.24, 2.45) is 0 Å². The average Bonchev–Trinajstić information content (AvgIpc) is 2.88. The highest BCUT2D eigenvalue weighted by Crippen LogP contribution is 2.32. The summed E-state index contributed by atoms with van der Waals surface area (Å²) < 4.78 is 24.0. The summed E-state index contributed by atoms with van der Waals surface area (Å²) >= 11 is 0. The SMILES string of the molecule is CCC(C)(C)c1cc(CN2C(=O)c3ccccc3C2=O)ccc1[NH3+].[O-][Cl+2]([O-])O. The fourth-order valence-corrected chi connectivity index (χ4v) is 3.11. The van der Waals surface area contributed by atoms with Crippen LogP contribution in [0.5, 0.6) is 0 Å². The predicted molar refractivity (Wildman–Crippen MR) is 95.2 cm³/mol. The summed E-state index contributed by atoms with van der Waals surface area (Å²) in [5.41, 5.74) is 8.23. The molecule has 0 atom stereocenters. The number of carbonyl (C=O) groups excluding carboxylic acids is 2. The summed E-state index contributed by atoms with van der Waals surface area (Å²) in [4.78, 5) is 26.3. The van der Waals surface area contributed by atoms with Crippen LogP contribution in [-0.2, 0) is 12.0 Å². The van der Waals surface area contributed by atoms with Gasteiger partial charge in [-0.3, -0.25) is 14.5 Å². The minimum absolute atomic E-state index is 0.00901. The zero-order valence-electron chi connectivity index (χ0n) is 16.1. The van der Waals surface area contributed by atoms with Gasteiger partial charge in [-0.2, -0.15) is 0 Å². The third-order valence-corrected chi connectivity index (χ3v) is 5.01. The van der Waals surface area contributed by atoms with E-state index >= 15 is 0 Å². The van der Waals surface area contributed by atoms with Crippen molar-refractivity contribution in [3.8, 4) is 0 Å². The lowest BCUT2D eigenvalue weighted by molar-refractivity contribution is -1.63. The molecule has 0 bridgehead atoms. The second-order valence-electron chi connectivity index (χ2n) is 7.17. The number of imide groups is 1. The summed E-state index contributed by atoms with van der Waals surface area (Å²) in [7, 11) is -2.60. The van der Waals surface area contributed by atoms with Crippen LogP contribution in [-0.4, -0.2) is 21.4 Å². The third kappa shape index (κ3) is 4.76. The standard InChI is InChI=1S/C20H22N2O2.ClHO3/c1-4-20(2,3)16-11-13(9-10-17(16)21)12-22-18(23)14-7-5-6-8-15(14)19(22)24;2-1(3)4/h5-11H,4,12,21H2,1-3H3;2H/p+1. The average molecular weight is 408 g/mol. The number of carbonyl (C=O) groups is 2. The number of halogens is 1. The number of amides is 2. The van der Waals surface area contributed by atoms with Gasteiger partial charge in [-0.15, -0.1) is 0 Å². The molecule has 28 heavy (non-hydrogen) atoms. The van der Waals surface area contributed by atoms with Crippen molar-refractivity contribution in [3.05, 3.63) is 64.7 Å². The van der Waals surface area contributed by atoms with E-state index in [0.717, 1.165) is 17.7 Å². The van der Waals surface area contributed by atoms with E-state index in [2.05, 4.69) is 32.6 Å². The zero-order chi connectivity index (χ0) is 21.1. The Balaban J connectivity index is 0.000000640. The zero-order valence-corrected chi connectivity index (χ0v) is 16.8. The van der Waals surface area contributed by atoms with E-state index in [1.54, 1.807) is 24.3 Å². The molecule has 1 aliphatic rings. The van der Waals surface area contributed by atoms with Crippen molar-refractivity contribution in [1.29, 1.82) is 0 Å². The van der Waals surface area contributed by atoms with E-state index < -0.39 is 10.8 Å². The van der Waals surface area contributed by atoms with Gasteiger partial charge in [0.05, 0.1) is 17.7 Å². The number of rotatable bonds is 4. The Morgan fingerprint density at radius 1 is 1.07 bits per heavy atom. The van der Waals surface area contributed by atoms with Crippen LogP contribution >= 0.6 is 0 Å². The van der Waals surface area contributed by atoms with Crippen LogP contribution in [0.15, 0.2) is 42.5 Å². The minimum Gasteiger partial charge on any atom is -0.325 e. The lowest BCUT2D eigenvalue weighted by Gasteiger charge is -2.24. The van der Waals surface area contributed by atoms with Gasteiger partial charge in [0.25, 0.3) is 22.6 Å². The van der Waals surface area contributed by atoms with Crippen molar-refractivity contribution in [1.82, 2.24) is 4.90 Å². The van der Waals surface area contributed by atoms with Gasteiger partial charge in [-0.05, 0) is 41.7 Å². The largest absolute Gasteiger partial charge is 0.325 e. The van der Waals surface area contributed by atoms with E-state index in [9.17, 15) is 9.59 Å². The first-order chi connectivity index (χ1) is 13.1. The summed E-state index contributed by atoms with van der Waals surface area (Å²) in [6, 6.07) is 13.0. The Kier molecular flexibility index (Phi) is 6.92. The van der Waals surface area contributed by atoms with E-state index in [0.29, 0.717) is 17.7 Å². The molecule has 150 valence electrons. The van der Waals surface area contributed by atoms with Crippen LogP contribution in [0.2, 0.25) is 0 Å². The molecule has 0 radical (unpaired) electrons. The normalized spacial score (nSPS) is 13.5. The van der Waals surface area contributed by atoms with Gasteiger partial charge in [0.15, 0.2) is 0 Å². The number of quaternary nitrogens is 1. The van der Waals surface area contributed by atoms with E-state index in [-0.39, 0.29) is 17.2 Å². The molecule has 1 heterocycles. The Morgan fingerprint density at radius 2 is 1.57 bits per heavy atom. The van der Waals surface area contributed by atoms with E-state index in [1.807, 2.05) is 12.1 Å². The number of hydrogen-bond acceptors (Lipinski definition) is 5. The molecule has 0 fully saturated rings. The van der Waals surface area contributed by atoms with E-state index in [4.69, 9.17) is 14.0 Å². The number of fused-ring (bicyclic) bond motifs is 1. The molecular formula is C20H24ClN2O5+. The Hall–Kier alpha value is -2.29. The van der Waals surface area contributed by atoms with Crippen LogP contribution in [0.25, 0.3) is 0 Å². The van der Waals surface area contributed by atoms with E-state index in [1.165, 1.54) is 10.5 Å². The third-order valence-electron chi connectivity index (χ3n) is 5.01. The van der Waals surface area contributed by atoms with Gasteiger partial charge < -0.3 is 15.1 Å². The molecule has 0 aliphatic carbocycles. The van der Waals surface area contributed by atoms with Gasteiger partial charge >= 0.3 is 0 Å². The molecule has 2 aromatic carbocycles. The molecule has 2 aromatic rings. The van der Waals surface area contributed by atoms with Gasteiger partial charge in [0, 0.05) is 10.2 Å². The summed E-state index contributed by atoms with van der Waals surface area (Å²) in [6.07, 6.45) is 0.992. The molecule has 0 saturated heterocycles. The first-order valence-corrected chi connectivity index (χ1v) is 9.69. The van der Waals surface area contributed by atoms with Crippen molar-refractivity contribution < 1.29 is 40.1 Å². The van der Waals surface area contributed by atoms with Crippen LogP contribution in [0, 0.1) is 10.8 Å². The summed E-state index contributed by atoms with van der Waals surface area (Å²) in [5.74, 6) is -0.434. The molecule has 0 unspecified atom stereocenters. The number of nitrogens with zero attached hydrogens (tertiary/aromatic N) is 1. The van der Waals surface area contributed by atoms with Crippen molar-refractivity contribution >= 4 is 17.5 Å². The summed E-state index contributed by atoms with van der Waals surface area (Å²) in [6.45, 7) is 6.81. The first kappa shape index (κ1) is 22.0. The fraction of sp³-hybridized carbons (Fsp3) is 0.300. The molecule has 0 aromatic heterocycles. The van der Waals surface area contributed by atoms with Gasteiger partial charge in [0.1, 0.15) is 5.69 Å². The molecule has 1 aliphatic heterocycles. The van der Waals surface area contributed by atoms with Crippen LogP contribution in [0.3, 0.4) is 0 Å². The van der Waals surface area contributed by atoms with Crippen LogP contribution in [0.4, 0.5) is 5.69 Å². The fourth-order valence-electron chi connectivity index (χ4n) is 3.11. The number of hydrogen-bond donors (Lipinski definition) is 2. The van der Waals surface area contributed by atoms with Crippen molar-refractivity contribution in [2.45, 2.75) is 39.2 Å². The van der Waals surface area contributed by atoms with Gasteiger partial charge in [-0.25, -0.2) is 0 Å². The van der Waals surface area contributed by atoms with Crippen molar-refractivity contribution in [2.75, 3.05) is 0 Å². The maximum atomic E-state index is 12.5. The molecular weight excluding hydrogens is 384 g/mol. The molecule has 8 heteroatoms. The molecule has 3 rings (SSSR count). The maximum absolute atomic E-state index is 12.5. The maximum Gasteiger partial charge on any atom is 0.282 e. The predicted octanol–water partition coefficient (Wildman–Crippen LogP) is 0.109. The smallest absolute Gasteiger partial charge is 0.282 e. The lowest BCUT2D eigenvalue weighted by atomic mass is 9.80. The second kappa shape index (κ2) is 8.81. The quantitative estimate of drug-likeness (QED) is 0.694. The summed E-state index contributed by atoms with van der Waals surface area (Å²) in [5, 5.41) is 0. The Bertz CT molecular complexity index is 845. The topological polar surface area (TPSA) is 131 Å². The van der Waals surface area contributed by atoms with Crippen LogP contribution < -0.4 is 15.1 Å². The molecule has 0 spiro atoms. The Labute approximate surface area is 166 Å². The molecule has 2 amide bonds. The Morgan fingerprint density at radius 3 is 2.04 bits per heavy atom. The highest BCUT2D eigenvalue weighted by atomic mass is 35.6. The van der Waals surface area contributed by atoms with Crippen LogP contribution in [0.1, 0.15) is 59.0 Å². The highest BCUT2D eigenvalue weighted by molar-refractivity contribution is 6.21. The first-order valence-electron chi connectivity index (χ1n) is 8.73. The van der Waals surface area contributed by atoms with Gasteiger partial charge in [-0.1, -0.05) is 39.0 Å². The highest BCUT2D eigenvalue weighted by Gasteiger charge is 2.35. The lowest BCUT2D eigenvalue weighted by Crippen LogP contribution is -2.43. The molecule has 4 N–H and O–H groups in total. The van der Waals surface area contributed by atoms with Gasteiger partial charge in [0.2, 0.25) is 0 Å². The monoisotopic (exact) mass is 407 g/mol.